The van der Waals surface area contributed by atoms with E-state index >= 15 is 0 Å². The number of fused-ring (bicyclic) bond motifs is 5. The first-order chi connectivity index (χ1) is 10.7. The van der Waals surface area contributed by atoms with E-state index in [1.165, 1.54) is 48.9 Å². The van der Waals surface area contributed by atoms with E-state index in [4.69, 9.17) is 9.90 Å². The number of hydrogen-bond acceptors (Lipinski definition) is 2. The van der Waals surface area contributed by atoms with Crippen LogP contribution in [0.3, 0.4) is 0 Å². The number of carboxylic acids is 1. The summed E-state index contributed by atoms with van der Waals surface area (Å²) in [6, 6.07) is 13.6. The number of rotatable bonds is 0. The first kappa shape index (κ1) is 14.8. The molecule has 0 radical (unpaired) electrons. The summed E-state index contributed by atoms with van der Waals surface area (Å²) in [5.74, 6) is -1.08. The lowest BCUT2D eigenvalue weighted by Crippen LogP contribution is -2.45. The zero-order chi connectivity index (χ0) is 15.5. The Balaban J connectivity index is 0.000000325. The van der Waals surface area contributed by atoms with Crippen molar-refractivity contribution in [3.8, 4) is 11.3 Å². The molecule has 114 valence electrons. The molecule has 2 aliphatic rings. The average Bonchev–Trinajstić information content (AvgIpc) is 2.54. The fourth-order valence-corrected chi connectivity index (χ4v) is 3.53. The van der Waals surface area contributed by atoms with E-state index in [1.54, 1.807) is 11.3 Å². The first-order valence-electron chi connectivity index (χ1n) is 7.97. The van der Waals surface area contributed by atoms with E-state index < -0.39 is 5.97 Å². The number of hydrogen-bond donors (Lipinski definition) is 0. The molecule has 3 heteroatoms. The summed E-state index contributed by atoms with van der Waals surface area (Å²) in [5.41, 5.74) is 7.57. The summed E-state index contributed by atoms with van der Waals surface area (Å²) in [4.78, 5) is 8.89. The van der Waals surface area contributed by atoms with E-state index in [1.807, 2.05) is 0 Å². The predicted octanol–water partition coefficient (Wildman–Crippen LogP) is 1.83. The molecule has 0 atom stereocenters. The third-order valence-corrected chi connectivity index (χ3v) is 4.44. The smallest absolute Gasteiger partial charge is 0.212 e. The lowest BCUT2D eigenvalue weighted by Gasteiger charge is -2.20. The van der Waals surface area contributed by atoms with Gasteiger partial charge in [-0.1, -0.05) is 18.2 Å². The number of aryl methyl sites for hydroxylation is 2. The van der Waals surface area contributed by atoms with Crippen LogP contribution in [-0.4, -0.2) is 5.97 Å². The molecular formula is C19H21NO2. The van der Waals surface area contributed by atoms with Gasteiger partial charge in [-0.2, -0.15) is 4.57 Å². The van der Waals surface area contributed by atoms with Crippen LogP contribution in [0.5, 0.6) is 0 Å². The number of aromatic nitrogens is 1. The van der Waals surface area contributed by atoms with Crippen molar-refractivity contribution in [2.75, 3.05) is 0 Å². The highest BCUT2D eigenvalue weighted by Gasteiger charge is 2.28. The maximum Gasteiger partial charge on any atom is 0.212 e. The van der Waals surface area contributed by atoms with Crippen LogP contribution in [0.1, 0.15) is 36.6 Å². The second-order valence-electron chi connectivity index (χ2n) is 5.95. The van der Waals surface area contributed by atoms with Crippen molar-refractivity contribution in [1.29, 1.82) is 0 Å². The van der Waals surface area contributed by atoms with Crippen molar-refractivity contribution < 1.29 is 14.5 Å². The largest absolute Gasteiger partial charge is 0.550 e. The van der Waals surface area contributed by atoms with Gasteiger partial charge in [-0.05, 0) is 43.9 Å². The number of aliphatic carboxylic acids is 1. The minimum Gasteiger partial charge on any atom is -0.550 e. The van der Waals surface area contributed by atoms with Crippen molar-refractivity contribution in [3.63, 3.8) is 0 Å². The maximum atomic E-state index is 8.89. The van der Waals surface area contributed by atoms with Crippen LogP contribution in [0.2, 0.25) is 0 Å². The molecule has 1 aliphatic carbocycles. The quantitative estimate of drug-likeness (QED) is 0.696. The van der Waals surface area contributed by atoms with Gasteiger partial charge in [0.15, 0.2) is 12.2 Å². The summed E-state index contributed by atoms with van der Waals surface area (Å²) in [5, 5.41) is 8.89. The van der Waals surface area contributed by atoms with Crippen LogP contribution >= 0.6 is 0 Å². The van der Waals surface area contributed by atoms with Gasteiger partial charge >= 0.3 is 0 Å². The van der Waals surface area contributed by atoms with Crippen LogP contribution < -0.4 is 9.67 Å². The third-order valence-electron chi connectivity index (χ3n) is 4.44. The van der Waals surface area contributed by atoms with E-state index in [0.29, 0.717) is 0 Å². The van der Waals surface area contributed by atoms with Crippen LogP contribution in [0.15, 0.2) is 36.4 Å². The Bertz CT molecular complexity index is 703. The molecule has 0 unspecified atom stereocenters. The van der Waals surface area contributed by atoms with Crippen molar-refractivity contribution in [1.82, 2.24) is 0 Å². The van der Waals surface area contributed by atoms with Gasteiger partial charge in [0.2, 0.25) is 5.69 Å². The number of benzene rings is 1. The van der Waals surface area contributed by atoms with E-state index in [-0.39, 0.29) is 0 Å². The zero-order valence-electron chi connectivity index (χ0n) is 13.0. The molecular weight excluding hydrogens is 274 g/mol. The normalized spacial score (nSPS) is 14.8. The molecule has 4 rings (SSSR count). The number of pyridine rings is 1. The second-order valence-corrected chi connectivity index (χ2v) is 5.95. The second kappa shape index (κ2) is 6.30. The Labute approximate surface area is 131 Å². The van der Waals surface area contributed by atoms with E-state index in [2.05, 4.69) is 41.0 Å². The SMILES string of the molecule is CC(=O)[O-].c1ccc2c(c1)CC[n+]1c-2ccc2c1CCCC2. The molecule has 22 heavy (non-hydrogen) atoms. The standard InChI is InChI=1S/C17H18N.C2H4O2/c1-3-7-15-13(5-1)11-12-18-16-8-4-2-6-14(16)9-10-17(15)18;1-2(3)4/h1,3,5,7,9-10H,2,4,6,8,11-12H2;1H3,(H,3,4)/q+1;/p-1. The van der Waals surface area contributed by atoms with Gasteiger partial charge in [0.25, 0.3) is 0 Å². The van der Waals surface area contributed by atoms with Gasteiger partial charge < -0.3 is 9.90 Å². The van der Waals surface area contributed by atoms with Crippen molar-refractivity contribution in [3.05, 3.63) is 53.2 Å². The molecule has 0 saturated carbocycles. The van der Waals surface area contributed by atoms with Gasteiger partial charge in [0, 0.05) is 36.0 Å². The Morgan fingerprint density at radius 2 is 1.73 bits per heavy atom. The Morgan fingerprint density at radius 1 is 1.00 bits per heavy atom. The highest BCUT2D eigenvalue weighted by Crippen LogP contribution is 2.28. The summed E-state index contributed by atoms with van der Waals surface area (Å²) in [7, 11) is 0. The van der Waals surface area contributed by atoms with Crippen LogP contribution in [0, 0.1) is 0 Å². The molecule has 0 amide bonds. The molecule has 3 nitrogen and oxygen atoms in total. The maximum absolute atomic E-state index is 8.89. The molecule has 1 aliphatic heterocycles. The topological polar surface area (TPSA) is 44.0 Å². The molecule has 0 saturated heterocycles. The van der Waals surface area contributed by atoms with Crippen LogP contribution in [0.25, 0.3) is 11.3 Å². The van der Waals surface area contributed by atoms with Gasteiger partial charge in [-0.25, -0.2) is 0 Å². The summed E-state index contributed by atoms with van der Waals surface area (Å²) in [6.07, 6.45) is 6.45. The third kappa shape index (κ3) is 2.89. The van der Waals surface area contributed by atoms with Gasteiger partial charge in [0.1, 0.15) is 0 Å². The minimum absolute atomic E-state index is 0.972. The summed E-state index contributed by atoms with van der Waals surface area (Å²) < 4.78 is 2.58. The highest BCUT2D eigenvalue weighted by atomic mass is 16.4. The first-order valence-corrected chi connectivity index (χ1v) is 7.97. The molecule has 0 spiro atoms. The highest BCUT2D eigenvalue weighted by molar-refractivity contribution is 5.62. The predicted molar refractivity (Wildman–Crippen MR) is 83.1 cm³/mol. The molecule has 0 fully saturated rings. The average molecular weight is 295 g/mol. The number of carboxylic acid groups (broad SMARTS) is 1. The molecule has 1 aromatic heterocycles. The number of carbonyl (C=O) groups excluding carboxylic acids is 1. The van der Waals surface area contributed by atoms with Gasteiger partial charge in [-0.15, -0.1) is 0 Å². The van der Waals surface area contributed by atoms with Crippen LogP contribution in [0.4, 0.5) is 0 Å². The lowest BCUT2D eigenvalue weighted by atomic mass is 9.91. The Morgan fingerprint density at radius 3 is 2.55 bits per heavy atom. The van der Waals surface area contributed by atoms with E-state index in [0.717, 1.165) is 13.5 Å². The molecule has 0 bridgehead atoms. The molecule has 0 N–H and O–H groups in total. The fourth-order valence-electron chi connectivity index (χ4n) is 3.53. The summed E-state index contributed by atoms with van der Waals surface area (Å²) >= 11 is 0. The van der Waals surface area contributed by atoms with Gasteiger partial charge in [-0.3, -0.25) is 0 Å². The van der Waals surface area contributed by atoms with E-state index in [9.17, 15) is 0 Å². The zero-order valence-corrected chi connectivity index (χ0v) is 13.0. The molecule has 2 heterocycles. The van der Waals surface area contributed by atoms with Crippen LogP contribution in [-0.2, 0) is 30.6 Å². The minimum atomic E-state index is -1.08. The van der Waals surface area contributed by atoms with Crippen molar-refractivity contribution >= 4 is 5.97 Å². The Kier molecular flexibility index (Phi) is 4.23. The molecule has 2 aromatic rings. The van der Waals surface area contributed by atoms with Crippen molar-refractivity contribution in [2.45, 2.75) is 45.6 Å². The summed E-state index contributed by atoms with van der Waals surface area (Å²) in [6.45, 7) is 2.13. The van der Waals surface area contributed by atoms with Gasteiger partial charge in [0.05, 0.1) is 0 Å². The monoisotopic (exact) mass is 295 g/mol. The number of carbonyl (C=O) groups is 1. The lowest BCUT2D eigenvalue weighted by molar-refractivity contribution is -0.695. The molecule has 1 aromatic carbocycles. The fraction of sp³-hybridized carbons (Fsp3) is 0.368. The Hall–Kier alpha value is -2.16. The number of nitrogens with zero attached hydrogens (tertiary/aromatic N) is 1. The van der Waals surface area contributed by atoms with Crippen molar-refractivity contribution in [2.24, 2.45) is 0 Å².